The highest BCUT2D eigenvalue weighted by Gasteiger charge is 2.33. The SMILES string of the molecule is O=C(c1ccccc1)N1CCc2ccc([N+](=O)[O-])cc2C1c1ccccc1. The van der Waals surface area contributed by atoms with Crippen LogP contribution in [0.1, 0.15) is 33.1 Å². The molecular formula is C22H18N2O3. The van der Waals surface area contributed by atoms with Crippen molar-refractivity contribution >= 4 is 11.6 Å². The number of rotatable bonds is 3. The standard InChI is InChI=1S/C22H18N2O3/c25-22(18-9-5-2-6-10-18)23-14-13-16-11-12-19(24(26)27)15-20(16)21(23)17-7-3-1-4-8-17/h1-12,15,21H,13-14H2. The number of nitro groups is 1. The van der Waals surface area contributed by atoms with E-state index in [0.29, 0.717) is 18.5 Å². The fourth-order valence-corrected chi connectivity index (χ4v) is 3.68. The summed E-state index contributed by atoms with van der Waals surface area (Å²) < 4.78 is 0. The molecule has 1 unspecified atom stereocenters. The first-order chi connectivity index (χ1) is 13.1. The maximum absolute atomic E-state index is 13.2. The molecule has 1 heterocycles. The Balaban J connectivity index is 1.84. The summed E-state index contributed by atoms with van der Waals surface area (Å²) in [5, 5.41) is 11.3. The highest BCUT2D eigenvalue weighted by molar-refractivity contribution is 5.95. The van der Waals surface area contributed by atoms with E-state index in [2.05, 4.69) is 0 Å². The maximum Gasteiger partial charge on any atom is 0.269 e. The first-order valence-corrected chi connectivity index (χ1v) is 8.83. The molecule has 0 N–H and O–H groups in total. The molecule has 0 radical (unpaired) electrons. The molecule has 3 aromatic rings. The van der Waals surface area contributed by atoms with Crippen molar-refractivity contribution in [2.45, 2.75) is 12.5 Å². The molecule has 4 rings (SSSR count). The second kappa shape index (κ2) is 7.03. The van der Waals surface area contributed by atoms with Crippen molar-refractivity contribution in [2.24, 2.45) is 0 Å². The predicted molar refractivity (Wildman–Crippen MR) is 103 cm³/mol. The van der Waals surface area contributed by atoms with Gasteiger partial charge in [0.25, 0.3) is 11.6 Å². The minimum atomic E-state index is -0.389. The van der Waals surface area contributed by atoms with E-state index < -0.39 is 0 Å². The van der Waals surface area contributed by atoms with E-state index in [1.807, 2.05) is 59.5 Å². The maximum atomic E-state index is 13.2. The van der Waals surface area contributed by atoms with Crippen LogP contribution in [0, 0.1) is 10.1 Å². The van der Waals surface area contributed by atoms with Crippen molar-refractivity contribution in [2.75, 3.05) is 6.54 Å². The quantitative estimate of drug-likeness (QED) is 0.515. The van der Waals surface area contributed by atoms with E-state index >= 15 is 0 Å². The Morgan fingerprint density at radius 3 is 2.30 bits per heavy atom. The van der Waals surface area contributed by atoms with Gasteiger partial charge in [0.15, 0.2) is 0 Å². The summed E-state index contributed by atoms with van der Waals surface area (Å²) >= 11 is 0. The van der Waals surface area contributed by atoms with Crippen LogP contribution >= 0.6 is 0 Å². The topological polar surface area (TPSA) is 63.5 Å². The van der Waals surface area contributed by atoms with Crippen molar-refractivity contribution in [1.29, 1.82) is 0 Å². The zero-order valence-electron chi connectivity index (χ0n) is 14.6. The Hall–Kier alpha value is -3.47. The predicted octanol–water partition coefficient (Wildman–Crippen LogP) is 4.38. The van der Waals surface area contributed by atoms with Gasteiger partial charge < -0.3 is 4.90 Å². The number of carbonyl (C=O) groups excluding carboxylic acids is 1. The summed E-state index contributed by atoms with van der Waals surface area (Å²) in [6, 6.07) is 23.5. The van der Waals surface area contributed by atoms with Crippen molar-refractivity contribution in [3.63, 3.8) is 0 Å². The zero-order chi connectivity index (χ0) is 18.8. The Bertz CT molecular complexity index is 987. The van der Waals surface area contributed by atoms with E-state index in [0.717, 1.165) is 16.7 Å². The monoisotopic (exact) mass is 358 g/mol. The summed E-state index contributed by atoms with van der Waals surface area (Å²) in [5.41, 5.74) is 3.48. The van der Waals surface area contributed by atoms with Gasteiger partial charge in [-0.15, -0.1) is 0 Å². The van der Waals surface area contributed by atoms with Gasteiger partial charge in [0, 0.05) is 24.2 Å². The number of amides is 1. The molecule has 27 heavy (non-hydrogen) atoms. The van der Waals surface area contributed by atoms with E-state index in [9.17, 15) is 14.9 Å². The van der Waals surface area contributed by atoms with Crippen LogP contribution in [0.4, 0.5) is 5.69 Å². The molecule has 0 aliphatic carbocycles. The molecule has 0 aromatic heterocycles. The lowest BCUT2D eigenvalue weighted by molar-refractivity contribution is -0.385. The van der Waals surface area contributed by atoms with Gasteiger partial charge in [-0.2, -0.15) is 0 Å². The minimum absolute atomic E-state index is 0.0451. The molecule has 5 heteroatoms. The Morgan fingerprint density at radius 1 is 0.963 bits per heavy atom. The number of hydrogen-bond acceptors (Lipinski definition) is 3. The Morgan fingerprint density at radius 2 is 1.63 bits per heavy atom. The van der Waals surface area contributed by atoms with Gasteiger partial charge in [-0.25, -0.2) is 0 Å². The van der Waals surface area contributed by atoms with Gasteiger partial charge in [0.1, 0.15) is 0 Å². The van der Waals surface area contributed by atoms with Crippen molar-refractivity contribution in [3.05, 3.63) is 111 Å². The largest absolute Gasteiger partial charge is 0.327 e. The third-order valence-corrected chi connectivity index (χ3v) is 4.97. The average molecular weight is 358 g/mol. The molecule has 1 aliphatic rings. The first kappa shape index (κ1) is 17.0. The van der Waals surface area contributed by atoms with Crippen LogP contribution in [0.5, 0.6) is 0 Å². The van der Waals surface area contributed by atoms with Gasteiger partial charge in [0.2, 0.25) is 0 Å². The van der Waals surface area contributed by atoms with E-state index in [4.69, 9.17) is 0 Å². The lowest BCUT2D eigenvalue weighted by atomic mass is 9.87. The van der Waals surface area contributed by atoms with Gasteiger partial charge in [-0.3, -0.25) is 14.9 Å². The number of benzene rings is 3. The van der Waals surface area contributed by atoms with Gasteiger partial charge >= 0.3 is 0 Å². The normalized spacial score (nSPS) is 15.9. The number of nitro benzene ring substituents is 1. The van der Waals surface area contributed by atoms with Crippen LogP contribution in [-0.2, 0) is 6.42 Å². The summed E-state index contributed by atoms with van der Waals surface area (Å²) in [6.45, 7) is 0.568. The van der Waals surface area contributed by atoms with Crippen LogP contribution in [0.15, 0.2) is 78.9 Å². The third-order valence-electron chi connectivity index (χ3n) is 4.97. The molecule has 0 saturated carbocycles. The summed E-state index contributed by atoms with van der Waals surface area (Å²) in [7, 11) is 0. The second-order valence-corrected chi connectivity index (χ2v) is 6.57. The van der Waals surface area contributed by atoms with Crippen LogP contribution in [0.25, 0.3) is 0 Å². The number of nitrogens with zero attached hydrogens (tertiary/aromatic N) is 2. The first-order valence-electron chi connectivity index (χ1n) is 8.83. The molecule has 1 aliphatic heterocycles. The second-order valence-electron chi connectivity index (χ2n) is 6.57. The van der Waals surface area contributed by atoms with E-state index in [-0.39, 0.29) is 22.6 Å². The van der Waals surface area contributed by atoms with Crippen molar-refractivity contribution in [3.8, 4) is 0 Å². The Kier molecular flexibility index (Phi) is 4.42. The summed E-state index contributed by atoms with van der Waals surface area (Å²) in [4.78, 5) is 25.9. The number of non-ortho nitro benzene ring substituents is 1. The highest BCUT2D eigenvalue weighted by Crippen LogP contribution is 2.37. The average Bonchev–Trinajstić information content (AvgIpc) is 2.73. The molecule has 1 atom stereocenters. The molecule has 3 aromatic carbocycles. The lowest BCUT2D eigenvalue weighted by Crippen LogP contribution is -2.40. The molecule has 0 spiro atoms. The van der Waals surface area contributed by atoms with Crippen LogP contribution in [0.3, 0.4) is 0 Å². The number of carbonyl (C=O) groups is 1. The summed E-state index contributed by atoms with van der Waals surface area (Å²) in [5.74, 6) is -0.0680. The smallest absolute Gasteiger partial charge is 0.269 e. The summed E-state index contributed by atoms with van der Waals surface area (Å²) in [6.07, 6.45) is 0.676. The van der Waals surface area contributed by atoms with Crippen LogP contribution in [-0.4, -0.2) is 22.3 Å². The van der Waals surface area contributed by atoms with Crippen molar-refractivity contribution < 1.29 is 9.72 Å². The van der Waals surface area contributed by atoms with Gasteiger partial charge in [-0.1, -0.05) is 54.6 Å². The molecular weight excluding hydrogens is 340 g/mol. The van der Waals surface area contributed by atoms with Gasteiger partial charge in [-0.05, 0) is 35.2 Å². The third kappa shape index (κ3) is 3.19. The molecule has 0 fully saturated rings. The van der Waals surface area contributed by atoms with Gasteiger partial charge in [0.05, 0.1) is 11.0 Å². The van der Waals surface area contributed by atoms with Crippen LogP contribution in [0.2, 0.25) is 0 Å². The molecule has 134 valence electrons. The molecule has 1 amide bonds. The molecule has 0 bridgehead atoms. The zero-order valence-corrected chi connectivity index (χ0v) is 14.6. The molecule has 5 nitrogen and oxygen atoms in total. The Labute approximate surface area is 157 Å². The fraction of sp³-hybridized carbons (Fsp3) is 0.136. The number of fused-ring (bicyclic) bond motifs is 1. The lowest BCUT2D eigenvalue weighted by Gasteiger charge is -2.37. The van der Waals surface area contributed by atoms with Crippen molar-refractivity contribution in [1.82, 2.24) is 4.90 Å². The molecule has 0 saturated heterocycles. The van der Waals surface area contributed by atoms with E-state index in [1.165, 1.54) is 6.07 Å². The highest BCUT2D eigenvalue weighted by atomic mass is 16.6. The fourth-order valence-electron chi connectivity index (χ4n) is 3.68. The minimum Gasteiger partial charge on any atom is -0.327 e. The number of hydrogen-bond donors (Lipinski definition) is 0. The van der Waals surface area contributed by atoms with E-state index in [1.54, 1.807) is 18.2 Å². The van der Waals surface area contributed by atoms with Crippen LogP contribution < -0.4 is 0 Å².